The maximum atomic E-state index is 11.2. The molecule has 0 fully saturated rings. The van der Waals surface area contributed by atoms with Gasteiger partial charge in [-0.15, -0.1) is 22.7 Å². The van der Waals surface area contributed by atoms with Gasteiger partial charge in [0.2, 0.25) is 0 Å². The molecule has 0 atom stereocenters. The molecule has 2 heterocycles. The summed E-state index contributed by atoms with van der Waals surface area (Å²) in [6, 6.07) is 1.95. The Balaban J connectivity index is 2.61. The monoisotopic (exact) mass is 198 g/mol. The summed E-state index contributed by atoms with van der Waals surface area (Å²) < 4.78 is 5.82. The fraction of sp³-hybridized carbons (Fsp3) is 0.125. The number of fused-ring (bicyclic) bond motifs is 1. The molecule has 4 heteroatoms. The number of thiophene rings is 2. The molecule has 2 aromatic rings. The van der Waals surface area contributed by atoms with E-state index in [0.717, 1.165) is 5.39 Å². The Morgan fingerprint density at radius 2 is 2.33 bits per heavy atom. The summed E-state index contributed by atoms with van der Waals surface area (Å²) in [6.45, 7) is 0. The quantitative estimate of drug-likeness (QED) is 0.658. The zero-order chi connectivity index (χ0) is 8.55. The predicted molar refractivity (Wildman–Crippen MR) is 51.0 cm³/mol. The summed E-state index contributed by atoms with van der Waals surface area (Å²) in [4.78, 5) is 11.2. The van der Waals surface area contributed by atoms with E-state index in [4.69, 9.17) is 0 Å². The molecular weight excluding hydrogens is 192 g/mol. The fourth-order valence-electron chi connectivity index (χ4n) is 1.03. The molecule has 0 aliphatic rings. The van der Waals surface area contributed by atoms with Crippen LogP contribution in [0.1, 0.15) is 10.4 Å². The lowest BCUT2D eigenvalue weighted by atomic mass is 10.2. The maximum Gasteiger partial charge on any atom is 0.339 e. The van der Waals surface area contributed by atoms with Crippen LogP contribution in [0.25, 0.3) is 9.40 Å². The molecule has 0 aromatic carbocycles. The highest BCUT2D eigenvalue weighted by Crippen LogP contribution is 2.30. The molecular formula is C8H6O2S2. The molecule has 0 saturated carbocycles. The molecule has 12 heavy (non-hydrogen) atoms. The van der Waals surface area contributed by atoms with Crippen molar-refractivity contribution in [3.63, 3.8) is 0 Å². The van der Waals surface area contributed by atoms with Gasteiger partial charge in [-0.3, -0.25) is 0 Å². The molecule has 0 N–H and O–H groups in total. The second-order valence-corrected chi connectivity index (χ2v) is 4.32. The summed E-state index contributed by atoms with van der Waals surface area (Å²) in [5, 5.41) is 4.83. The molecule has 0 spiro atoms. The molecule has 0 bridgehead atoms. The average molecular weight is 198 g/mol. The van der Waals surface area contributed by atoms with Gasteiger partial charge < -0.3 is 4.74 Å². The van der Waals surface area contributed by atoms with E-state index in [-0.39, 0.29) is 5.97 Å². The number of carbonyl (C=O) groups is 1. The van der Waals surface area contributed by atoms with Gasteiger partial charge in [-0.1, -0.05) is 0 Å². The van der Waals surface area contributed by atoms with E-state index in [1.165, 1.54) is 11.1 Å². The first-order chi connectivity index (χ1) is 5.83. The van der Waals surface area contributed by atoms with E-state index < -0.39 is 0 Å². The van der Waals surface area contributed by atoms with Crippen LogP contribution >= 0.6 is 22.7 Å². The number of hydrogen-bond donors (Lipinski definition) is 0. The number of methoxy groups -OCH3 is 1. The van der Waals surface area contributed by atoms with Crippen molar-refractivity contribution in [3.8, 4) is 0 Å². The summed E-state index contributed by atoms with van der Waals surface area (Å²) in [7, 11) is 1.40. The van der Waals surface area contributed by atoms with E-state index >= 15 is 0 Å². The molecule has 0 amide bonds. The van der Waals surface area contributed by atoms with Crippen molar-refractivity contribution in [1.82, 2.24) is 0 Å². The van der Waals surface area contributed by atoms with Crippen LogP contribution in [0.3, 0.4) is 0 Å². The number of carbonyl (C=O) groups excluding carboxylic acids is 1. The fourth-order valence-corrected chi connectivity index (χ4v) is 2.95. The zero-order valence-corrected chi connectivity index (χ0v) is 8.00. The predicted octanol–water partition coefficient (Wildman–Crippen LogP) is 2.75. The van der Waals surface area contributed by atoms with Crippen molar-refractivity contribution in [3.05, 3.63) is 22.4 Å². The molecule has 0 saturated heterocycles. The topological polar surface area (TPSA) is 26.3 Å². The lowest BCUT2D eigenvalue weighted by Gasteiger charge is -1.92. The van der Waals surface area contributed by atoms with Crippen LogP contribution < -0.4 is 0 Å². The standard InChI is InChI=1S/C8H6O2S2/c1-10-7(9)6-4-12-8-5(6)2-3-11-8/h2-4H,1H3. The second-order valence-electron chi connectivity index (χ2n) is 2.26. The molecule has 2 nitrogen and oxygen atoms in total. The summed E-state index contributed by atoms with van der Waals surface area (Å²) in [6.07, 6.45) is 0. The highest BCUT2D eigenvalue weighted by molar-refractivity contribution is 7.37. The molecule has 0 aliphatic heterocycles. The Labute approximate surface area is 77.4 Å². The number of esters is 1. The summed E-state index contributed by atoms with van der Waals surface area (Å²) in [5.74, 6) is -0.250. The van der Waals surface area contributed by atoms with Gasteiger partial charge in [-0.25, -0.2) is 4.79 Å². The van der Waals surface area contributed by atoms with Gasteiger partial charge in [0.05, 0.1) is 16.7 Å². The first-order valence-electron chi connectivity index (χ1n) is 3.36. The van der Waals surface area contributed by atoms with Crippen molar-refractivity contribution in [2.45, 2.75) is 0 Å². The SMILES string of the molecule is COC(=O)c1csc2sccc12. The Morgan fingerprint density at radius 3 is 3.08 bits per heavy atom. The minimum atomic E-state index is -0.250. The Morgan fingerprint density at radius 1 is 1.50 bits per heavy atom. The molecule has 2 rings (SSSR count). The lowest BCUT2D eigenvalue weighted by molar-refractivity contribution is 0.0603. The highest BCUT2D eigenvalue weighted by Gasteiger charge is 2.12. The lowest BCUT2D eigenvalue weighted by Crippen LogP contribution is -1.98. The summed E-state index contributed by atoms with van der Waals surface area (Å²) >= 11 is 3.23. The van der Waals surface area contributed by atoms with Crippen LogP contribution in [-0.2, 0) is 4.74 Å². The van der Waals surface area contributed by atoms with Gasteiger partial charge in [0.15, 0.2) is 0 Å². The van der Waals surface area contributed by atoms with Crippen molar-refractivity contribution < 1.29 is 9.53 Å². The van der Waals surface area contributed by atoms with Crippen LogP contribution in [0.15, 0.2) is 16.8 Å². The van der Waals surface area contributed by atoms with Gasteiger partial charge in [-0.05, 0) is 11.4 Å². The number of rotatable bonds is 1. The molecule has 62 valence electrons. The second kappa shape index (κ2) is 2.88. The third-order valence-corrected chi connectivity index (χ3v) is 3.68. The minimum absolute atomic E-state index is 0.250. The van der Waals surface area contributed by atoms with E-state index in [0.29, 0.717) is 5.56 Å². The smallest absolute Gasteiger partial charge is 0.339 e. The largest absolute Gasteiger partial charge is 0.465 e. The molecule has 0 unspecified atom stereocenters. The van der Waals surface area contributed by atoms with Crippen LogP contribution in [-0.4, -0.2) is 13.1 Å². The normalized spacial score (nSPS) is 10.4. The zero-order valence-electron chi connectivity index (χ0n) is 6.37. The first kappa shape index (κ1) is 7.76. The van der Waals surface area contributed by atoms with Gasteiger partial charge >= 0.3 is 5.97 Å². The van der Waals surface area contributed by atoms with E-state index in [2.05, 4.69) is 4.74 Å². The minimum Gasteiger partial charge on any atom is -0.465 e. The van der Waals surface area contributed by atoms with Crippen molar-refractivity contribution in [2.75, 3.05) is 7.11 Å². The molecule has 2 aromatic heterocycles. The van der Waals surface area contributed by atoms with Crippen LogP contribution in [0.2, 0.25) is 0 Å². The number of ether oxygens (including phenoxy) is 1. The maximum absolute atomic E-state index is 11.2. The van der Waals surface area contributed by atoms with Gasteiger partial charge in [0.25, 0.3) is 0 Å². The van der Waals surface area contributed by atoms with Crippen LogP contribution in [0.4, 0.5) is 0 Å². The highest BCUT2D eigenvalue weighted by atomic mass is 32.2. The molecule has 0 aliphatic carbocycles. The Kier molecular flexibility index (Phi) is 1.86. The van der Waals surface area contributed by atoms with Crippen molar-refractivity contribution in [1.29, 1.82) is 0 Å². The Bertz CT molecular complexity index is 413. The first-order valence-corrected chi connectivity index (χ1v) is 5.12. The number of hydrogen-bond acceptors (Lipinski definition) is 4. The average Bonchev–Trinajstić information content (AvgIpc) is 2.62. The van der Waals surface area contributed by atoms with Gasteiger partial charge in [-0.2, -0.15) is 0 Å². The third kappa shape index (κ3) is 1.04. The third-order valence-electron chi connectivity index (χ3n) is 1.61. The van der Waals surface area contributed by atoms with E-state index in [1.54, 1.807) is 22.7 Å². The van der Waals surface area contributed by atoms with E-state index in [1.807, 2.05) is 16.8 Å². The van der Waals surface area contributed by atoms with E-state index in [9.17, 15) is 4.79 Å². The summed E-state index contributed by atoms with van der Waals surface area (Å²) in [5.41, 5.74) is 0.679. The van der Waals surface area contributed by atoms with Gasteiger partial charge in [0, 0.05) is 10.8 Å². The van der Waals surface area contributed by atoms with Gasteiger partial charge in [0.1, 0.15) is 0 Å². The van der Waals surface area contributed by atoms with Crippen LogP contribution in [0, 0.1) is 0 Å². The van der Waals surface area contributed by atoms with Crippen molar-refractivity contribution in [2.24, 2.45) is 0 Å². The van der Waals surface area contributed by atoms with Crippen LogP contribution in [0.5, 0.6) is 0 Å². The molecule has 0 radical (unpaired) electrons. The Hall–Kier alpha value is -0.870. The van der Waals surface area contributed by atoms with Crippen molar-refractivity contribution >= 4 is 38.0 Å².